The SMILES string of the molecule is Clc1ccc2c(n1)N[C@H]1CCN2C1.O=C1Cc2ccc(Cl)nc2N[C@H]1CCO. The van der Waals surface area contributed by atoms with Gasteiger partial charge in [0.25, 0.3) is 0 Å². The molecule has 2 bridgehead atoms. The lowest BCUT2D eigenvalue weighted by atomic mass is 9.98. The van der Waals surface area contributed by atoms with Gasteiger partial charge >= 0.3 is 0 Å². The number of Topliss-reactive ketones (excluding diaryl/α,β-unsaturated/α-hetero) is 1. The van der Waals surface area contributed by atoms with Crippen LogP contribution in [0, 0.1) is 0 Å². The Hall–Kier alpha value is -2.09. The zero-order chi connectivity index (χ0) is 19.7. The fourth-order valence-corrected chi connectivity index (χ4v) is 4.03. The minimum absolute atomic E-state index is 0.0146. The van der Waals surface area contributed by atoms with E-state index < -0.39 is 0 Å². The predicted octanol–water partition coefficient (Wildman–Crippen LogP) is 2.76. The van der Waals surface area contributed by atoms with Crippen LogP contribution in [0.15, 0.2) is 24.3 Å². The standard InChI is InChI=1S/C10H11ClN2O2.C9H10ClN3/c11-9-2-1-6-5-8(15)7(3-4-14)12-10(6)13-9;10-8-2-1-7-9(12-8)11-6-3-4-13(7)5-6/h1-2,7,14H,3-5H2,(H,12,13);1-2,6H,3-5H2,(H,11,12)/t7-;6-/m00/s1. The summed E-state index contributed by atoms with van der Waals surface area (Å²) >= 11 is 11.6. The van der Waals surface area contributed by atoms with E-state index >= 15 is 0 Å². The Balaban J connectivity index is 0.000000138. The first kappa shape index (κ1) is 19.2. The molecular weight excluding hydrogens is 401 g/mol. The molecule has 9 heteroatoms. The quantitative estimate of drug-likeness (QED) is 0.642. The van der Waals surface area contributed by atoms with Crippen LogP contribution in [0.4, 0.5) is 17.3 Å². The Labute approximate surface area is 173 Å². The van der Waals surface area contributed by atoms with Crippen molar-refractivity contribution < 1.29 is 9.90 Å². The van der Waals surface area contributed by atoms with Gasteiger partial charge in [-0.05, 0) is 31.0 Å². The van der Waals surface area contributed by atoms with E-state index in [1.165, 1.54) is 12.1 Å². The minimum atomic E-state index is -0.339. The number of aromatic nitrogens is 2. The molecule has 0 aromatic carbocycles. The van der Waals surface area contributed by atoms with E-state index in [2.05, 4.69) is 25.5 Å². The van der Waals surface area contributed by atoms with Crippen LogP contribution >= 0.6 is 23.2 Å². The van der Waals surface area contributed by atoms with Crippen LogP contribution in [0.2, 0.25) is 10.3 Å². The first-order valence-electron chi connectivity index (χ1n) is 9.27. The number of carbonyl (C=O) groups is 1. The summed E-state index contributed by atoms with van der Waals surface area (Å²) in [6.45, 7) is 2.23. The summed E-state index contributed by atoms with van der Waals surface area (Å²) in [5.41, 5.74) is 2.05. The highest BCUT2D eigenvalue weighted by molar-refractivity contribution is 6.29. The molecule has 0 unspecified atom stereocenters. The van der Waals surface area contributed by atoms with Crippen molar-refractivity contribution in [2.75, 3.05) is 35.2 Å². The van der Waals surface area contributed by atoms with E-state index in [1.807, 2.05) is 12.1 Å². The number of hydrogen-bond acceptors (Lipinski definition) is 7. The summed E-state index contributed by atoms with van der Waals surface area (Å²) in [4.78, 5) is 22.3. The molecular formula is C19H21Cl2N5O2. The molecule has 2 aromatic heterocycles. The maximum Gasteiger partial charge on any atom is 0.159 e. The summed E-state index contributed by atoms with van der Waals surface area (Å²) < 4.78 is 0. The number of fused-ring (bicyclic) bond motifs is 5. The Morgan fingerprint density at radius 1 is 1.11 bits per heavy atom. The van der Waals surface area contributed by atoms with Gasteiger partial charge < -0.3 is 20.6 Å². The van der Waals surface area contributed by atoms with Gasteiger partial charge in [0, 0.05) is 37.7 Å². The number of nitrogens with one attached hydrogen (secondary N) is 2. The second-order valence-corrected chi connectivity index (χ2v) is 7.85. The Morgan fingerprint density at radius 3 is 2.64 bits per heavy atom. The van der Waals surface area contributed by atoms with Gasteiger partial charge in [0.1, 0.15) is 16.1 Å². The molecule has 1 fully saturated rings. The second kappa shape index (κ2) is 8.11. The van der Waals surface area contributed by atoms with Crippen molar-refractivity contribution in [3.05, 3.63) is 40.1 Å². The van der Waals surface area contributed by atoms with Crippen LogP contribution in [0.3, 0.4) is 0 Å². The third-order valence-corrected chi connectivity index (χ3v) is 5.56. The number of pyridine rings is 2. The smallest absolute Gasteiger partial charge is 0.159 e. The van der Waals surface area contributed by atoms with Crippen molar-refractivity contribution in [2.45, 2.75) is 31.3 Å². The maximum absolute atomic E-state index is 11.6. The number of ketones is 1. The molecule has 3 aliphatic heterocycles. The predicted molar refractivity (Wildman–Crippen MR) is 111 cm³/mol. The summed E-state index contributed by atoms with van der Waals surface area (Å²) in [5.74, 6) is 1.68. The molecule has 0 amide bonds. The zero-order valence-electron chi connectivity index (χ0n) is 15.2. The second-order valence-electron chi connectivity index (χ2n) is 7.07. The summed E-state index contributed by atoms with van der Waals surface area (Å²) in [6, 6.07) is 7.58. The monoisotopic (exact) mass is 421 g/mol. The Bertz CT molecular complexity index is 895. The van der Waals surface area contributed by atoms with Crippen LogP contribution in [0.25, 0.3) is 0 Å². The highest BCUT2D eigenvalue weighted by Crippen LogP contribution is 2.34. The largest absolute Gasteiger partial charge is 0.396 e. The number of halogens is 2. The molecule has 0 radical (unpaired) electrons. The normalized spacial score (nSPS) is 21.7. The zero-order valence-corrected chi connectivity index (χ0v) is 16.7. The average Bonchev–Trinajstić information content (AvgIpc) is 3.05. The van der Waals surface area contributed by atoms with Gasteiger partial charge in [-0.15, -0.1) is 0 Å². The molecule has 1 saturated heterocycles. The molecule has 148 valence electrons. The molecule has 5 heterocycles. The highest BCUT2D eigenvalue weighted by Gasteiger charge is 2.30. The summed E-state index contributed by atoms with van der Waals surface area (Å²) in [5, 5.41) is 16.1. The number of aliphatic hydroxyl groups is 1. The fourth-order valence-electron chi connectivity index (χ4n) is 3.73. The molecule has 0 aliphatic carbocycles. The van der Waals surface area contributed by atoms with Gasteiger partial charge in [0.05, 0.1) is 11.7 Å². The molecule has 2 atom stereocenters. The molecule has 0 saturated carbocycles. The summed E-state index contributed by atoms with van der Waals surface area (Å²) in [6.07, 6.45) is 1.97. The van der Waals surface area contributed by atoms with Crippen LogP contribution in [0.5, 0.6) is 0 Å². The van der Waals surface area contributed by atoms with E-state index in [0.717, 1.165) is 24.5 Å². The topological polar surface area (TPSA) is 90.4 Å². The average molecular weight is 422 g/mol. The highest BCUT2D eigenvalue weighted by atomic mass is 35.5. The number of carbonyl (C=O) groups excluding carboxylic acids is 1. The van der Waals surface area contributed by atoms with E-state index in [9.17, 15) is 4.79 Å². The van der Waals surface area contributed by atoms with Gasteiger partial charge in [0.2, 0.25) is 0 Å². The number of hydrogen-bond donors (Lipinski definition) is 3. The van der Waals surface area contributed by atoms with Crippen molar-refractivity contribution in [2.24, 2.45) is 0 Å². The molecule has 5 rings (SSSR count). The molecule has 28 heavy (non-hydrogen) atoms. The number of rotatable bonds is 2. The van der Waals surface area contributed by atoms with Gasteiger partial charge in [-0.25, -0.2) is 9.97 Å². The minimum Gasteiger partial charge on any atom is -0.396 e. The lowest BCUT2D eigenvalue weighted by Gasteiger charge is -2.27. The number of anilines is 3. The van der Waals surface area contributed by atoms with Crippen LogP contribution in [-0.4, -0.2) is 52.6 Å². The molecule has 3 N–H and O–H groups in total. The number of aliphatic hydroxyl groups excluding tert-OH is 1. The van der Waals surface area contributed by atoms with Crippen molar-refractivity contribution in [3.63, 3.8) is 0 Å². The van der Waals surface area contributed by atoms with Crippen LogP contribution in [0.1, 0.15) is 18.4 Å². The van der Waals surface area contributed by atoms with E-state index in [4.69, 9.17) is 28.3 Å². The van der Waals surface area contributed by atoms with Crippen molar-refractivity contribution in [3.8, 4) is 0 Å². The van der Waals surface area contributed by atoms with E-state index in [1.54, 1.807) is 12.1 Å². The van der Waals surface area contributed by atoms with Crippen LogP contribution in [-0.2, 0) is 11.2 Å². The van der Waals surface area contributed by atoms with Crippen molar-refractivity contribution >= 4 is 46.3 Å². The van der Waals surface area contributed by atoms with Gasteiger partial charge in [-0.1, -0.05) is 29.3 Å². The number of nitrogens with zero attached hydrogens (tertiary/aromatic N) is 3. The molecule has 0 spiro atoms. The van der Waals surface area contributed by atoms with E-state index in [0.29, 0.717) is 35.0 Å². The first-order chi connectivity index (χ1) is 13.5. The Morgan fingerprint density at radius 2 is 1.86 bits per heavy atom. The fraction of sp³-hybridized carbons (Fsp3) is 0.421. The van der Waals surface area contributed by atoms with Crippen molar-refractivity contribution in [1.29, 1.82) is 0 Å². The van der Waals surface area contributed by atoms with Gasteiger partial charge in [0.15, 0.2) is 11.6 Å². The maximum atomic E-state index is 11.6. The molecule has 3 aliphatic rings. The van der Waals surface area contributed by atoms with Gasteiger partial charge in [-0.3, -0.25) is 4.79 Å². The third-order valence-electron chi connectivity index (χ3n) is 5.14. The first-order valence-corrected chi connectivity index (χ1v) is 10.0. The molecule has 7 nitrogen and oxygen atoms in total. The van der Waals surface area contributed by atoms with E-state index in [-0.39, 0.29) is 18.4 Å². The van der Waals surface area contributed by atoms with Crippen molar-refractivity contribution in [1.82, 2.24) is 9.97 Å². The molecule has 2 aromatic rings. The Kier molecular flexibility index (Phi) is 5.57. The summed E-state index contributed by atoms with van der Waals surface area (Å²) in [7, 11) is 0. The third kappa shape index (κ3) is 4.01. The van der Waals surface area contributed by atoms with Crippen LogP contribution < -0.4 is 15.5 Å². The lowest BCUT2D eigenvalue weighted by molar-refractivity contribution is -0.119. The lowest BCUT2D eigenvalue weighted by Crippen LogP contribution is -2.36. The van der Waals surface area contributed by atoms with Gasteiger partial charge in [-0.2, -0.15) is 0 Å².